The van der Waals surface area contributed by atoms with Crippen molar-refractivity contribution in [3.63, 3.8) is 0 Å². The van der Waals surface area contributed by atoms with Crippen molar-refractivity contribution < 1.29 is 0 Å². The smallest absolute Gasteiger partial charge is 0.0506 e. The van der Waals surface area contributed by atoms with E-state index in [1.165, 1.54) is 0 Å². The Morgan fingerprint density at radius 2 is 2.38 bits per heavy atom. The highest BCUT2D eigenvalue weighted by Crippen LogP contribution is 2.11. The quantitative estimate of drug-likeness (QED) is 0.826. The maximum atomic E-state index is 5.63. The number of hydrogen-bond donors (Lipinski definition) is 1. The van der Waals surface area contributed by atoms with Gasteiger partial charge in [-0.15, -0.1) is 0 Å². The lowest BCUT2D eigenvalue weighted by Gasteiger charge is -1.99. The van der Waals surface area contributed by atoms with Crippen LogP contribution in [0.25, 0.3) is 6.08 Å². The van der Waals surface area contributed by atoms with Gasteiger partial charge >= 0.3 is 0 Å². The molecule has 0 unspecified atom stereocenters. The Hall–Kier alpha value is -0.830. The number of allylic oxidation sites excluding steroid dienone is 1. The summed E-state index contributed by atoms with van der Waals surface area (Å²) in [5.41, 5.74) is 8.45. The van der Waals surface area contributed by atoms with Gasteiger partial charge in [-0.3, -0.25) is 4.98 Å². The zero-order valence-electron chi connectivity index (χ0n) is 7.63. The van der Waals surface area contributed by atoms with Crippen LogP contribution >= 0.6 is 15.9 Å². The number of nitrogen functional groups attached to an aromatic ring is 1. The van der Waals surface area contributed by atoms with E-state index in [0.29, 0.717) is 5.69 Å². The predicted molar refractivity (Wildman–Crippen MR) is 60.8 cm³/mol. The van der Waals surface area contributed by atoms with E-state index in [1.807, 2.05) is 13.0 Å². The van der Waals surface area contributed by atoms with Crippen LogP contribution in [-0.4, -0.2) is 10.3 Å². The normalized spacial score (nSPS) is 10.9. The summed E-state index contributed by atoms with van der Waals surface area (Å²) >= 11 is 3.36. The van der Waals surface area contributed by atoms with Crippen LogP contribution in [0.15, 0.2) is 18.3 Å². The molecule has 0 bridgehead atoms. The number of pyridine rings is 1. The van der Waals surface area contributed by atoms with Crippen LogP contribution in [0.4, 0.5) is 5.69 Å². The molecule has 0 aliphatic carbocycles. The van der Waals surface area contributed by atoms with Crippen molar-refractivity contribution >= 4 is 27.7 Å². The first kappa shape index (κ1) is 10.3. The molecule has 0 aromatic carbocycles. The van der Waals surface area contributed by atoms with Gasteiger partial charge in [0.15, 0.2) is 0 Å². The number of aryl methyl sites for hydroxylation is 1. The molecule has 2 N–H and O–H groups in total. The van der Waals surface area contributed by atoms with Gasteiger partial charge in [0.05, 0.1) is 11.9 Å². The fourth-order valence-corrected chi connectivity index (χ4v) is 1.27. The highest BCUT2D eigenvalue weighted by atomic mass is 79.9. The van der Waals surface area contributed by atoms with Crippen LogP contribution in [0.1, 0.15) is 17.7 Å². The fourth-order valence-electron chi connectivity index (χ4n) is 1.01. The molecule has 1 rings (SSSR count). The van der Waals surface area contributed by atoms with Crippen molar-refractivity contribution in [2.24, 2.45) is 0 Å². The van der Waals surface area contributed by atoms with Gasteiger partial charge in [0.2, 0.25) is 0 Å². The molecule has 0 fully saturated rings. The number of alkyl halides is 1. The van der Waals surface area contributed by atoms with E-state index in [9.17, 15) is 0 Å². The molecule has 0 saturated carbocycles. The Bertz CT molecular complexity index is 308. The van der Waals surface area contributed by atoms with E-state index < -0.39 is 0 Å². The minimum Gasteiger partial charge on any atom is -0.397 e. The second-order valence-corrected chi connectivity index (χ2v) is 3.62. The molecule has 0 aliphatic rings. The summed E-state index contributed by atoms with van der Waals surface area (Å²) < 4.78 is 0. The molecule has 0 amide bonds. The van der Waals surface area contributed by atoms with Gasteiger partial charge in [-0.05, 0) is 25.0 Å². The van der Waals surface area contributed by atoms with E-state index in [4.69, 9.17) is 5.73 Å². The Morgan fingerprint density at radius 3 is 3.08 bits per heavy atom. The number of hydrogen-bond acceptors (Lipinski definition) is 2. The SMILES string of the molecule is Cc1ncc(N)cc1C=CCCBr. The second kappa shape index (κ2) is 5.02. The molecule has 3 heteroatoms. The molecular formula is C10H13BrN2. The molecule has 1 aromatic heterocycles. The van der Waals surface area contributed by atoms with E-state index in [0.717, 1.165) is 23.0 Å². The summed E-state index contributed by atoms with van der Waals surface area (Å²) in [4.78, 5) is 4.17. The summed E-state index contributed by atoms with van der Waals surface area (Å²) in [7, 11) is 0. The van der Waals surface area contributed by atoms with Crippen LogP contribution in [0.5, 0.6) is 0 Å². The van der Waals surface area contributed by atoms with Gasteiger partial charge in [-0.1, -0.05) is 28.1 Å². The molecule has 0 saturated heterocycles. The summed E-state index contributed by atoms with van der Waals surface area (Å²) in [6.07, 6.45) is 6.86. The first-order valence-electron chi connectivity index (χ1n) is 4.18. The third kappa shape index (κ3) is 3.19. The van der Waals surface area contributed by atoms with Crippen molar-refractivity contribution in [3.05, 3.63) is 29.6 Å². The van der Waals surface area contributed by atoms with Crippen molar-refractivity contribution in [2.75, 3.05) is 11.1 Å². The maximum Gasteiger partial charge on any atom is 0.0506 e. The zero-order valence-corrected chi connectivity index (χ0v) is 9.21. The van der Waals surface area contributed by atoms with Gasteiger partial charge in [0, 0.05) is 11.0 Å². The van der Waals surface area contributed by atoms with Crippen LogP contribution in [0.3, 0.4) is 0 Å². The Kier molecular flexibility index (Phi) is 3.96. The fraction of sp³-hybridized carbons (Fsp3) is 0.300. The molecule has 70 valence electrons. The highest BCUT2D eigenvalue weighted by molar-refractivity contribution is 9.09. The average Bonchev–Trinajstić information content (AvgIpc) is 2.11. The summed E-state index contributed by atoms with van der Waals surface area (Å²) in [6, 6.07) is 1.94. The summed E-state index contributed by atoms with van der Waals surface area (Å²) in [5.74, 6) is 0. The van der Waals surface area contributed by atoms with E-state index in [1.54, 1.807) is 6.20 Å². The third-order valence-electron chi connectivity index (χ3n) is 1.72. The van der Waals surface area contributed by atoms with Gasteiger partial charge in [-0.25, -0.2) is 0 Å². The molecule has 0 radical (unpaired) electrons. The van der Waals surface area contributed by atoms with Crippen molar-refractivity contribution in [3.8, 4) is 0 Å². The summed E-state index contributed by atoms with van der Waals surface area (Å²) in [5, 5.41) is 0.984. The first-order valence-corrected chi connectivity index (χ1v) is 5.31. The standard InChI is InChI=1S/C10H13BrN2/c1-8-9(4-2-3-5-11)6-10(12)7-13-8/h2,4,6-7H,3,5,12H2,1H3. The van der Waals surface area contributed by atoms with Gasteiger partial charge in [0.1, 0.15) is 0 Å². The maximum absolute atomic E-state index is 5.63. The number of rotatable bonds is 3. The Balaban J connectivity index is 2.81. The van der Waals surface area contributed by atoms with Crippen LogP contribution in [0, 0.1) is 6.92 Å². The number of nitrogens with zero attached hydrogens (tertiary/aromatic N) is 1. The Morgan fingerprint density at radius 1 is 1.62 bits per heavy atom. The van der Waals surface area contributed by atoms with Crippen molar-refractivity contribution in [1.82, 2.24) is 4.98 Å². The minimum atomic E-state index is 0.712. The highest BCUT2D eigenvalue weighted by Gasteiger charge is 1.94. The predicted octanol–water partition coefficient (Wildman–Crippen LogP) is 2.77. The van der Waals surface area contributed by atoms with Gasteiger partial charge in [-0.2, -0.15) is 0 Å². The molecule has 1 aromatic rings. The lowest BCUT2D eigenvalue weighted by molar-refractivity contribution is 1.19. The molecule has 13 heavy (non-hydrogen) atoms. The molecule has 1 heterocycles. The van der Waals surface area contributed by atoms with E-state index in [-0.39, 0.29) is 0 Å². The number of anilines is 1. The van der Waals surface area contributed by atoms with Crippen LogP contribution in [0.2, 0.25) is 0 Å². The third-order valence-corrected chi connectivity index (χ3v) is 2.18. The van der Waals surface area contributed by atoms with E-state index >= 15 is 0 Å². The van der Waals surface area contributed by atoms with Gasteiger partial charge < -0.3 is 5.73 Å². The van der Waals surface area contributed by atoms with Crippen molar-refractivity contribution in [2.45, 2.75) is 13.3 Å². The topological polar surface area (TPSA) is 38.9 Å². The van der Waals surface area contributed by atoms with Crippen molar-refractivity contribution in [1.29, 1.82) is 0 Å². The number of aromatic nitrogens is 1. The summed E-state index contributed by atoms with van der Waals surface area (Å²) in [6.45, 7) is 1.98. The number of nitrogens with two attached hydrogens (primary N) is 1. The average molecular weight is 241 g/mol. The number of halogens is 1. The molecule has 2 nitrogen and oxygen atoms in total. The monoisotopic (exact) mass is 240 g/mol. The van der Waals surface area contributed by atoms with Gasteiger partial charge in [0.25, 0.3) is 0 Å². The Labute approximate surface area is 87.0 Å². The minimum absolute atomic E-state index is 0.712. The lowest BCUT2D eigenvalue weighted by atomic mass is 10.2. The van der Waals surface area contributed by atoms with E-state index in [2.05, 4.69) is 33.1 Å². The zero-order chi connectivity index (χ0) is 9.68. The molecular weight excluding hydrogens is 228 g/mol. The molecule has 0 aliphatic heterocycles. The molecule has 0 spiro atoms. The van der Waals surface area contributed by atoms with Crippen LogP contribution in [-0.2, 0) is 0 Å². The second-order valence-electron chi connectivity index (χ2n) is 2.82. The molecule has 0 atom stereocenters. The largest absolute Gasteiger partial charge is 0.397 e. The first-order chi connectivity index (χ1) is 6.24. The lowest BCUT2D eigenvalue weighted by Crippen LogP contribution is -1.91. The van der Waals surface area contributed by atoms with Crippen LogP contribution < -0.4 is 5.73 Å².